The van der Waals surface area contributed by atoms with Gasteiger partial charge in [0.1, 0.15) is 0 Å². The van der Waals surface area contributed by atoms with Gasteiger partial charge in [-0.15, -0.1) is 0 Å². The Hall–Kier alpha value is -1.60. The first-order valence-electron chi connectivity index (χ1n) is 7.18. The van der Waals surface area contributed by atoms with Crippen molar-refractivity contribution in [1.82, 2.24) is 0 Å². The molecule has 0 aliphatic carbocycles. The van der Waals surface area contributed by atoms with Crippen molar-refractivity contribution >= 4 is 0 Å². The summed E-state index contributed by atoms with van der Waals surface area (Å²) < 4.78 is 0. The zero-order chi connectivity index (χ0) is 13.7. The average Bonchev–Trinajstić information content (AvgIpc) is 2.47. The SMILES string of the molecule is CCCc1cccc(C(N)c2ccccc2CC)c1. The monoisotopic (exact) mass is 253 g/mol. The summed E-state index contributed by atoms with van der Waals surface area (Å²) in [6, 6.07) is 17.2. The van der Waals surface area contributed by atoms with Crippen molar-refractivity contribution < 1.29 is 0 Å². The Bertz CT molecular complexity index is 531. The van der Waals surface area contributed by atoms with Crippen LogP contribution in [0, 0.1) is 0 Å². The second-order valence-corrected chi connectivity index (χ2v) is 5.03. The van der Waals surface area contributed by atoms with Crippen LogP contribution in [0.25, 0.3) is 0 Å². The van der Waals surface area contributed by atoms with E-state index in [0.717, 1.165) is 12.8 Å². The van der Waals surface area contributed by atoms with Gasteiger partial charge in [-0.05, 0) is 35.1 Å². The standard InChI is InChI=1S/C18H23N/c1-3-8-14-9-7-11-16(13-14)18(19)17-12-6-5-10-15(17)4-2/h5-7,9-13,18H,3-4,8,19H2,1-2H3. The van der Waals surface area contributed by atoms with Gasteiger partial charge in [0.2, 0.25) is 0 Å². The van der Waals surface area contributed by atoms with Gasteiger partial charge in [-0.3, -0.25) is 0 Å². The molecule has 2 rings (SSSR count). The molecule has 0 aliphatic rings. The molecule has 0 radical (unpaired) electrons. The quantitative estimate of drug-likeness (QED) is 0.847. The molecule has 2 N–H and O–H groups in total. The molecule has 100 valence electrons. The lowest BCUT2D eigenvalue weighted by molar-refractivity contribution is 0.841. The molecule has 0 aromatic heterocycles. The molecule has 19 heavy (non-hydrogen) atoms. The van der Waals surface area contributed by atoms with Gasteiger partial charge < -0.3 is 5.73 Å². The first kappa shape index (κ1) is 13.8. The van der Waals surface area contributed by atoms with E-state index in [4.69, 9.17) is 5.73 Å². The minimum atomic E-state index is -0.0204. The predicted molar refractivity (Wildman–Crippen MR) is 82.3 cm³/mol. The van der Waals surface area contributed by atoms with Crippen molar-refractivity contribution in [3.05, 3.63) is 70.8 Å². The van der Waals surface area contributed by atoms with Crippen LogP contribution in [0.15, 0.2) is 48.5 Å². The minimum Gasteiger partial charge on any atom is -0.320 e. The van der Waals surface area contributed by atoms with E-state index in [0.29, 0.717) is 0 Å². The summed E-state index contributed by atoms with van der Waals surface area (Å²) in [5.74, 6) is 0. The summed E-state index contributed by atoms with van der Waals surface area (Å²) >= 11 is 0. The topological polar surface area (TPSA) is 26.0 Å². The Morgan fingerprint density at radius 3 is 2.53 bits per heavy atom. The van der Waals surface area contributed by atoms with Crippen LogP contribution >= 0.6 is 0 Å². The normalized spacial score (nSPS) is 12.4. The molecule has 0 saturated heterocycles. The van der Waals surface area contributed by atoms with Gasteiger partial charge >= 0.3 is 0 Å². The van der Waals surface area contributed by atoms with Crippen LogP contribution in [0.3, 0.4) is 0 Å². The molecule has 2 aromatic rings. The number of rotatable bonds is 5. The molecular weight excluding hydrogens is 230 g/mol. The summed E-state index contributed by atoms with van der Waals surface area (Å²) in [4.78, 5) is 0. The van der Waals surface area contributed by atoms with E-state index >= 15 is 0 Å². The van der Waals surface area contributed by atoms with Crippen molar-refractivity contribution in [2.24, 2.45) is 5.73 Å². The molecule has 0 heterocycles. The molecule has 0 aliphatic heterocycles. The fourth-order valence-corrected chi connectivity index (χ4v) is 2.57. The van der Waals surface area contributed by atoms with Crippen LogP contribution in [0.5, 0.6) is 0 Å². The highest BCUT2D eigenvalue weighted by molar-refractivity contribution is 5.38. The number of hydrogen-bond donors (Lipinski definition) is 1. The lowest BCUT2D eigenvalue weighted by atomic mass is 9.93. The highest BCUT2D eigenvalue weighted by atomic mass is 14.6. The van der Waals surface area contributed by atoms with E-state index < -0.39 is 0 Å². The average molecular weight is 253 g/mol. The summed E-state index contributed by atoms with van der Waals surface area (Å²) in [5, 5.41) is 0. The Labute approximate surface area is 116 Å². The lowest BCUT2D eigenvalue weighted by Gasteiger charge is -2.17. The molecule has 2 aromatic carbocycles. The fraction of sp³-hybridized carbons (Fsp3) is 0.333. The first-order chi connectivity index (χ1) is 9.26. The maximum absolute atomic E-state index is 6.46. The van der Waals surface area contributed by atoms with Crippen LogP contribution in [-0.2, 0) is 12.8 Å². The summed E-state index contributed by atoms with van der Waals surface area (Å²) in [7, 11) is 0. The van der Waals surface area contributed by atoms with E-state index in [1.54, 1.807) is 0 Å². The molecule has 0 saturated carbocycles. The summed E-state index contributed by atoms with van der Waals surface area (Å²) in [6.07, 6.45) is 3.32. The van der Waals surface area contributed by atoms with Gasteiger partial charge in [-0.25, -0.2) is 0 Å². The maximum Gasteiger partial charge on any atom is 0.0554 e. The van der Waals surface area contributed by atoms with Crippen molar-refractivity contribution in [2.45, 2.75) is 39.2 Å². The van der Waals surface area contributed by atoms with Gasteiger partial charge in [-0.2, -0.15) is 0 Å². The molecule has 1 heteroatoms. The van der Waals surface area contributed by atoms with Crippen LogP contribution in [0.1, 0.15) is 48.6 Å². The van der Waals surface area contributed by atoms with Gasteiger partial charge in [0.25, 0.3) is 0 Å². The van der Waals surface area contributed by atoms with E-state index in [1.165, 1.54) is 28.7 Å². The fourth-order valence-electron chi connectivity index (χ4n) is 2.57. The van der Waals surface area contributed by atoms with Crippen molar-refractivity contribution in [2.75, 3.05) is 0 Å². The molecule has 1 nitrogen and oxygen atoms in total. The minimum absolute atomic E-state index is 0.0204. The highest BCUT2D eigenvalue weighted by Gasteiger charge is 2.12. The van der Waals surface area contributed by atoms with E-state index in [2.05, 4.69) is 62.4 Å². The van der Waals surface area contributed by atoms with Gasteiger partial charge in [0.15, 0.2) is 0 Å². The number of aryl methyl sites for hydroxylation is 2. The molecule has 0 fully saturated rings. The largest absolute Gasteiger partial charge is 0.320 e. The van der Waals surface area contributed by atoms with Crippen LogP contribution in [-0.4, -0.2) is 0 Å². The number of hydrogen-bond acceptors (Lipinski definition) is 1. The Balaban J connectivity index is 2.32. The maximum atomic E-state index is 6.46. The van der Waals surface area contributed by atoms with Crippen LogP contribution in [0.4, 0.5) is 0 Å². The number of benzene rings is 2. The Morgan fingerprint density at radius 1 is 1.00 bits per heavy atom. The zero-order valence-electron chi connectivity index (χ0n) is 11.9. The van der Waals surface area contributed by atoms with Gasteiger partial charge in [0.05, 0.1) is 6.04 Å². The Kier molecular flexibility index (Phi) is 4.75. The van der Waals surface area contributed by atoms with E-state index in [-0.39, 0.29) is 6.04 Å². The second-order valence-electron chi connectivity index (χ2n) is 5.03. The van der Waals surface area contributed by atoms with Crippen molar-refractivity contribution in [3.8, 4) is 0 Å². The molecule has 0 amide bonds. The summed E-state index contributed by atoms with van der Waals surface area (Å²) in [5.41, 5.74) is 11.6. The molecule has 0 bridgehead atoms. The van der Waals surface area contributed by atoms with Gasteiger partial charge in [0, 0.05) is 0 Å². The Morgan fingerprint density at radius 2 is 1.79 bits per heavy atom. The molecular formula is C18H23N. The number of nitrogens with two attached hydrogens (primary N) is 1. The third-order valence-electron chi connectivity index (χ3n) is 3.62. The van der Waals surface area contributed by atoms with Crippen molar-refractivity contribution in [3.63, 3.8) is 0 Å². The van der Waals surface area contributed by atoms with E-state index in [9.17, 15) is 0 Å². The van der Waals surface area contributed by atoms with Gasteiger partial charge in [-0.1, -0.05) is 68.8 Å². The third kappa shape index (κ3) is 3.24. The molecule has 1 unspecified atom stereocenters. The smallest absolute Gasteiger partial charge is 0.0554 e. The highest BCUT2D eigenvalue weighted by Crippen LogP contribution is 2.24. The zero-order valence-corrected chi connectivity index (χ0v) is 11.9. The predicted octanol–water partition coefficient (Wildman–Crippen LogP) is 4.25. The molecule has 1 atom stereocenters. The lowest BCUT2D eigenvalue weighted by Crippen LogP contribution is -2.14. The van der Waals surface area contributed by atoms with Crippen LogP contribution in [0.2, 0.25) is 0 Å². The van der Waals surface area contributed by atoms with E-state index in [1.807, 2.05) is 0 Å². The van der Waals surface area contributed by atoms with Crippen LogP contribution < -0.4 is 5.73 Å². The second kappa shape index (κ2) is 6.53. The first-order valence-corrected chi connectivity index (χ1v) is 7.18. The molecule has 0 spiro atoms. The van der Waals surface area contributed by atoms with Crippen molar-refractivity contribution in [1.29, 1.82) is 0 Å². The third-order valence-corrected chi connectivity index (χ3v) is 3.62. The summed E-state index contributed by atoms with van der Waals surface area (Å²) in [6.45, 7) is 4.39.